The third-order valence-corrected chi connectivity index (χ3v) is 9.64. The highest BCUT2D eigenvalue weighted by Crippen LogP contribution is 2.46. The van der Waals surface area contributed by atoms with Crippen molar-refractivity contribution in [3.63, 3.8) is 0 Å². The summed E-state index contributed by atoms with van der Waals surface area (Å²) in [5, 5.41) is 0. The minimum atomic E-state index is 0.198. The molecule has 0 radical (unpaired) electrons. The first-order valence-corrected chi connectivity index (χ1v) is 17.1. The predicted octanol–water partition coefficient (Wildman–Crippen LogP) is 11.7. The van der Waals surface area contributed by atoms with Gasteiger partial charge in [-0.05, 0) is 75.7 Å². The Hall–Kier alpha value is -6.45. The van der Waals surface area contributed by atoms with Crippen LogP contribution in [0.15, 0.2) is 182 Å². The standard InChI is InChI=1S/C47H33N3/c1-5-14-32(15-6-1)36-22-13-23-38(28-36)44-31-45(50-47(49-44)35-20-11-4-12-21-35)39-24-26-40-37(29-39)25-27-42-46(40)41(33-16-7-2-8-17-33)30-43(48-42)34-18-9-3-10-19-34/h1-25,27-31,40H,26H2. The Morgan fingerprint density at radius 3 is 1.74 bits per heavy atom. The van der Waals surface area contributed by atoms with Crippen LogP contribution in [-0.4, -0.2) is 15.0 Å². The van der Waals surface area contributed by atoms with Gasteiger partial charge in [-0.3, -0.25) is 0 Å². The molecule has 5 aromatic carbocycles. The fourth-order valence-electron chi connectivity index (χ4n) is 7.15. The summed E-state index contributed by atoms with van der Waals surface area (Å²) in [5.74, 6) is 0.918. The lowest BCUT2D eigenvalue weighted by atomic mass is 9.76. The molecule has 50 heavy (non-hydrogen) atoms. The maximum Gasteiger partial charge on any atom is 0.160 e. The summed E-state index contributed by atoms with van der Waals surface area (Å²) in [4.78, 5) is 15.5. The SMILES string of the molecule is C1=Cc2nc(-c3ccccc3)cc(-c3ccccc3)c2C2CC=C(c3cc(-c4cccc(-c5ccccc5)c4)nc(-c4ccccc4)n3)C=C12. The van der Waals surface area contributed by atoms with E-state index in [0.29, 0.717) is 0 Å². The van der Waals surface area contributed by atoms with Gasteiger partial charge in [-0.1, -0.05) is 152 Å². The van der Waals surface area contributed by atoms with Gasteiger partial charge in [0.2, 0.25) is 0 Å². The zero-order valence-corrected chi connectivity index (χ0v) is 27.4. The van der Waals surface area contributed by atoms with Gasteiger partial charge in [-0.15, -0.1) is 0 Å². The Morgan fingerprint density at radius 1 is 0.440 bits per heavy atom. The van der Waals surface area contributed by atoms with E-state index in [2.05, 4.69) is 152 Å². The van der Waals surface area contributed by atoms with E-state index >= 15 is 0 Å². The average Bonchev–Trinajstić information content (AvgIpc) is 3.21. The highest BCUT2D eigenvalue weighted by atomic mass is 14.9. The number of hydrogen-bond donors (Lipinski definition) is 0. The van der Waals surface area contributed by atoms with Gasteiger partial charge in [0, 0.05) is 22.6 Å². The largest absolute Gasteiger partial charge is 0.248 e. The number of rotatable bonds is 6. The van der Waals surface area contributed by atoms with Gasteiger partial charge in [0.15, 0.2) is 5.82 Å². The normalized spacial score (nSPS) is 14.7. The monoisotopic (exact) mass is 639 g/mol. The second-order valence-corrected chi connectivity index (χ2v) is 12.8. The minimum Gasteiger partial charge on any atom is -0.248 e. The first-order chi connectivity index (χ1) is 24.8. The lowest BCUT2D eigenvalue weighted by Gasteiger charge is -2.29. The van der Waals surface area contributed by atoms with Crippen molar-refractivity contribution in [1.29, 1.82) is 0 Å². The van der Waals surface area contributed by atoms with Crippen molar-refractivity contribution in [3.8, 4) is 56.2 Å². The van der Waals surface area contributed by atoms with Crippen molar-refractivity contribution in [2.24, 2.45) is 0 Å². The maximum atomic E-state index is 5.20. The summed E-state index contributed by atoms with van der Waals surface area (Å²) in [7, 11) is 0. The van der Waals surface area contributed by atoms with E-state index in [1.54, 1.807) is 0 Å². The molecular weight excluding hydrogens is 607 g/mol. The van der Waals surface area contributed by atoms with E-state index in [1.165, 1.54) is 27.8 Å². The molecule has 0 spiro atoms. The van der Waals surface area contributed by atoms with Gasteiger partial charge in [0.1, 0.15) is 0 Å². The minimum absolute atomic E-state index is 0.198. The Kier molecular flexibility index (Phi) is 7.64. The third-order valence-electron chi connectivity index (χ3n) is 9.64. The molecule has 2 aliphatic rings. The molecule has 2 aromatic heterocycles. The van der Waals surface area contributed by atoms with Crippen LogP contribution in [0.1, 0.15) is 29.3 Å². The van der Waals surface area contributed by atoms with Crippen molar-refractivity contribution in [2.75, 3.05) is 0 Å². The van der Waals surface area contributed by atoms with Gasteiger partial charge in [0.25, 0.3) is 0 Å². The Morgan fingerprint density at radius 2 is 1.02 bits per heavy atom. The van der Waals surface area contributed by atoms with Crippen molar-refractivity contribution in [1.82, 2.24) is 15.0 Å². The van der Waals surface area contributed by atoms with Gasteiger partial charge in [0.05, 0.1) is 22.8 Å². The van der Waals surface area contributed by atoms with Crippen LogP contribution in [-0.2, 0) is 0 Å². The molecule has 0 aliphatic heterocycles. The zero-order chi connectivity index (χ0) is 33.3. The van der Waals surface area contributed by atoms with E-state index < -0.39 is 0 Å². The summed E-state index contributed by atoms with van der Waals surface area (Å²) >= 11 is 0. The number of nitrogens with zero attached hydrogens (tertiary/aromatic N) is 3. The fourth-order valence-corrected chi connectivity index (χ4v) is 7.15. The molecule has 0 amide bonds. The second kappa shape index (κ2) is 12.9. The number of allylic oxidation sites excluding steroid dienone is 5. The quantitative estimate of drug-likeness (QED) is 0.182. The molecule has 0 saturated heterocycles. The molecular formula is C47H33N3. The molecule has 0 N–H and O–H groups in total. The summed E-state index contributed by atoms with van der Waals surface area (Å²) < 4.78 is 0. The average molecular weight is 640 g/mol. The van der Waals surface area contributed by atoms with E-state index in [4.69, 9.17) is 15.0 Å². The van der Waals surface area contributed by atoms with Crippen molar-refractivity contribution in [2.45, 2.75) is 12.3 Å². The molecule has 1 unspecified atom stereocenters. The molecule has 236 valence electrons. The fraction of sp³-hybridized carbons (Fsp3) is 0.0426. The number of aromatic nitrogens is 3. The van der Waals surface area contributed by atoms with E-state index in [-0.39, 0.29) is 5.92 Å². The molecule has 7 aromatic rings. The van der Waals surface area contributed by atoms with Crippen molar-refractivity contribution in [3.05, 3.63) is 198 Å². The van der Waals surface area contributed by atoms with Crippen LogP contribution >= 0.6 is 0 Å². The van der Waals surface area contributed by atoms with Gasteiger partial charge >= 0.3 is 0 Å². The Balaban J connectivity index is 1.14. The molecule has 0 fully saturated rings. The summed E-state index contributed by atoms with van der Waals surface area (Å²) in [6.07, 6.45) is 9.96. The van der Waals surface area contributed by atoms with Gasteiger partial charge in [-0.25, -0.2) is 15.0 Å². The highest BCUT2D eigenvalue weighted by Gasteiger charge is 2.29. The van der Waals surface area contributed by atoms with Crippen LogP contribution in [0.2, 0.25) is 0 Å². The molecule has 0 saturated carbocycles. The molecule has 2 heterocycles. The topological polar surface area (TPSA) is 38.7 Å². The Bertz CT molecular complexity index is 2430. The number of benzene rings is 5. The van der Waals surface area contributed by atoms with Gasteiger partial charge in [-0.2, -0.15) is 0 Å². The van der Waals surface area contributed by atoms with E-state index in [9.17, 15) is 0 Å². The summed E-state index contributed by atoms with van der Waals surface area (Å²) in [6, 6.07) is 55.0. The van der Waals surface area contributed by atoms with Crippen molar-refractivity contribution < 1.29 is 0 Å². The van der Waals surface area contributed by atoms with Gasteiger partial charge < -0.3 is 0 Å². The van der Waals surface area contributed by atoms with Crippen LogP contribution in [0.4, 0.5) is 0 Å². The lowest BCUT2D eigenvalue weighted by molar-refractivity contribution is 0.807. The van der Waals surface area contributed by atoms with Crippen LogP contribution in [0.3, 0.4) is 0 Å². The second-order valence-electron chi connectivity index (χ2n) is 12.8. The van der Waals surface area contributed by atoms with E-state index in [1.807, 2.05) is 30.3 Å². The number of hydrogen-bond acceptors (Lipinski definition) is 3. The first-order valence-electron chi connectivity index (χ1n) is 17.1. The number of fused-ring (bicyclic) bond motifs is 3. The van der Waals surface area contributed by atoms with Crippen LogP contribution in [0.5, 0.6) is 0 Å². The van der Waals surface area contributed by atoms with Crippen LogP contribution in [0, 0.1) is 0 Å². The Labute approximate surface area is 292 Å². The van der Waals surface area contributed by atoms with E-state index in [0.717, 1.165) is 62.8 Å². The van der Waals surface area contributed by atoms with Crippen LogP contribution < -0.4 is 0 Å². The molecule has 2 aliphatic carbocycles. The first kappa shape index (κ1) is 29.7. The van der Waals surface area contributed by atoms with Crippen LogP contribution in [0.25, 0.3) is 67.8 Å². The number of pyridine rings is 1. The molecule has 1 atom stereocenters. The lowest BCUT2D eigenvalue weighted by Crippen LogP contribution is -2.13. The predicted molar refractivity (Wildman–Crippen MR) is 206 cm³/mol. The zero-order valence-electron chi connectivity index (χ0n) is 27.4. The smallest absolute Gasteiger partial charge is 0.160 e. The molecule has 3 heteroatoms. The maximum absolute atomic E-state index is 5.20. The molecule has 3 nitrogen and oxygen atoms in total. The summed E-state index contributed by atoms with van der Waals surface area (Å²) in [6.45, 7) is 0. The highest BCUT2D eigenvalue weighted by molar-refractivity contribution is 5.85. The molecule has 9 rings (SSSR count). The third kappa shape index (κ3) is 5.69. The van der Waals surface area contributed by atoms with Crippen molar-refractivity contribution >= 4 is 11.6 Å². The summed E-state index contributed by atoms with van der Waals surface area (Å²) in [5.41, 5.74) is 15.5. The molecule has 0 bridgehead atoms.